The topological polar surface area (TPSA) is 80.8 Å². The molecule has 7 nitrogen and oxygen atoms in total. The number of nitrogens with one attached hydrogen (secondary N) is 1. The number of pyridine rings is 1. The third kappa shape index (κ3) is 3.96. The highest BCUT2D eigenvalue weighted by Gasteiger charge is 2.37. The van der Waals surface area contributed by atoms with Gasteiger partial charge < -0.3 is 14.8 Å². The number of fused-ring (bicyclic) bond motifs is 1. The Labute approximate surface area is 174 Å². The molecule has 7 heteroatoms. The minimum atomic E-state index is -0.829. The highest BCUT2D eigenvalue weighted by molar-refractivity contribution is 6.03. The lowest BCUT2D eigenvalue weighted by molar-refractivity contribution is -0.129. The van der Waals surface area contributed by atoms with E-state index in [2.05, 4.69) is 10.3 Å². The van der Waals surface area contributed by atoms with Gasteiger partial charge in [0.1, 0.15) is 12.3 Å². The molecule has 1 aliphatic rings. The first kappa shape index (κ1) is 19.4. The van der Waals surface area contributed by atoms with E-state index in [4.69, 9.17) is 9.47 Å². The second kappa shape index (κ2) is 8.65. The SMILES string of the molecule is COc1ccccc1CNC(=O)CN1C(=O)[C@H](c2ccccc2)Oc2cccnc21. The number of rotatable bonds is 6. The molecule has 0 saturated carbocycles. The van der Waals surface area contributed by atoms with Crippen molar-refractivity contribution in [3.05, 3.63) is 84.1 Å². The van der Waals surface area contributed by atoms with Crippen LogP contribution in [0.25, 0.3) is 0 Å². The van der Waals surface area contributed by atoms with E-state index in [1.165, 1.54) is 4.90 Å². The number of carbonyl (C=O) groups excluding carboxylic acids is 2. The fourth-order valence-corrected chi connectivity index (χ4v) is 3.33. The number of amides is 2. The second-order valence-corrected chi connectivity index (χ2v) is 6.75. The summed E-state index contributed by atoms with van der Waals surface area (Å²) in [6, 6.07) is 20.1. The van der Waals surface area contributed by atoms with Crippen molar-refractivity contribution in [3.63, 3.8) is 0 Å². The average molecular weight is 403 g/mol. The van der Waals surface area contributed by atoms with Gasteiger partial charge in [0.15, 0.2) is 11.6 Å². The molecule has 1 aromatic heterocycles. The summed E-state index contributed by atoms with van der Waals surface area (Å²) in [6.45, 7) is 0.128. The summed E-state index contributed by atoms with van der Waals surface area (Å²) in [5, 5.41) is 2.85. The quantitative estimate of drug-likeness (QED) is 0.685. The fraction of sp³-hybridized carbons (Fsp3) is 0.174. The van der Waals surface area contributed by atoms with E-state index in [0.29, 0.717) is 23.9 Å². The van der Waals surface area contributed by atoms with Crippen LogP contribution in [0.2, 0.25) is 0 Å². The van der Waals surface area contributed by atoms with Crippen molar-refractivity contribution in [3.8, 4) is 11.5 Å². The summed E-state index contributed by atoms with van der Waals surface area (Å²) in [7, 11) is 1.58. The first-order valence-electron chi connectivity index (χ1n) is 9.54. The van der Waals surface area contributed by atoms with Crippen LogP contribution in [0, 0.1) is 0 Å². The van der Waals surface area contributed by atoms with E-state index >= 15 is 0 Å². The average Bonchev–Trinajstić information content (AvgIpc) is 2.80. The molecule has 0 saturated heterocycles. The summed E-state index contributed by atoms with van der Waals surface area (Å²) in [6.07, 6.45) is 0.739. The zero-order valence-corrected chi connectivity index (χ0v) is 16.4. The molecule has 0 unspecified atom stereocenters. The molecular formula is C23H21N3O4. The van der Waals surface area contributed by atoms with Crippen LogP contribution < -0.4 is 19.7 Å². The van der Waals surface area contributed by atoms with Gasteiger partial charge in [-0.05, 0) is 18.2 Å². The number of benzene rings is 2. The monoisotopic (exact) mass is 403 g/mol. The fourth-order valence-electron chi connectivity index (χ4n) is 3.33. The Bertz CT molecular complexity index is 1060. The van der Waals surface area contributed by atoms with Gasteiger partial charge in [-0.2, -0.15) is 0 Å². The Morgan fingerprint density at radius 1 is 1.10 bits per heavy atom. The molecule has 30 heavy (non-hydrogen) atoms. The van der Waals surface area contributed by atoms with Crippen LogP contribution in [0.4, 0.5) is 5.82 Å². The molecule has 0 radical (unpaired) electrons. The van der Waals surface area contributed by atoms with Crippen molar-refractivity contribution in [2.45, 2.75) is 12.6 Å². The molecule has 0 bridgehead atoms. The lowest BCUT2D eigenvalue weighted by atomic mass is 10.1. The Kier molecular flexibility index (Phi) is 5.61. The number of methoxy groups -OCH3 is 1. The molecular weight excluding hydrogens is 382 g/mol. The maximum Gasteiger partial charge on any atom is 0.274 e. The van der Waals surface area contributed by atoms with Crippen LogP contribution in [0.5, 0.6) is 11.5 Å². The van der Waals surface area contributed by atoms with Crippen molar-refractivity contribution in [1.82, 2.24) is 10.3 Å². The van der Waals surface area contributed by atoms with Crippen molar-refractivity contribution in [2.24, 2.45) is 0 Å². The number of carbonyl (C=O) groups is 2. The number of hydrogen-bond acceptors (Lipinski definition) is 5. The Morgan fingerprint density at radius 2 is 1.87 bits per heavy atom. The lowest BCUT2D eigenvalue weighted by Gasteiger charge is -2.33. The first-order chi connectivity index (χ1) is 14.7. The Hall–Kier alpha value is -3.87. The number of hydrogen-bond donors (Lipinski definition) is 1. The van der Waals surface area contributed by atoms with Crippen LogP contribution in [-0.2, 0) is 16.1 Å². The molecule has 4 rings (SSSR count). The summed E-state index contributed by atoms with van der Waals surface area (Å²) < 4.78 is 11.2. The summed E-state index contributed by atoms with van der Waals surface area (Å²) in [5.74, 6) is 0.849. The van der Waals surface area contributed by atoms with E-state index in [-0.39, 0.29) is 18.4 Å². The van der Waals surface area contributed by atoms with Gasteiger partial charge in [0, 0.05) is 23.9 Å². The molecule has 152 valence electrons. The van der Waals surface area contributed by atoms with E-state index < -0.39 is 6.10 Å². The third-order valence-corrected chi connectivity index (χ3v) is 4.81. The molecule has 3 aromatic rings. The number of nitrogens with zero attached hydrogens (tertiary/aromatic N) is 2. The molecule has 0 fully saturated rings. The van der Waals surface area contributed by atoms with Crippen LogP contribution in [-0.4, -0.2) is 30.5 Å². The molecule has 2 heterocycles. The summed E-state index contributed by atoms with van der Waals surface area (Å²) in [5.41, 5.74) is 1.57. The highest BCUT2D eigenvalue weighted by atomic mass is 16.5. The predicted octanol–water partition coefficient (Wildman–Crippen LogP) is 2.87. The molecule has 0 spiro atoms. The number of ether oxygens (including phenoxy) is 2. The normalized spacial score (nSPS) is 15.2. The van der Waals surface area contributed by atoms with E-state index in [0.717, 1.165) is 11.1 Å². The Morgan fingerprint density at radius 3 is 2.67 bits per heavy atom. The maximum absolute atomic E-state index is 13.2. The minimum Gasteiger partial charge on any atom is -0.496 e. The van der Waals surface area contributed by atoms with Gasteiger partial charge in [-0.1, -0.05) is 48.5 Å². The zero-order chi connectivity index (χ0) is 20.9. The molecule has 2 amide bonds. The van der Waals surface area contributed by atoms with Gasteiger partial charge in [-0.15, -0.1) is 0 Å². The van der Waals surface area contributed by atoms with Crippen LogP contribution >= 0.6 is 0 Å². The van der Waals surface area contributed by atoms with Crippen molar-refractivity contribution in [1.29, 1.82) is 0 Å². The van der Waals surface area contributed by atoms with Crippen molar-refractivity contribution < 1.29 is 19.1 Å². The first-order valence-corrected chi connectivity index (χ1v) is 9.54. The van der Waals surface area contributed by atoms with Gasteiger partial charge in [0.25, 0.3) is 5.91 Å². The molecule has 1 aliphatic heterocycles. The van der Waals surface area contributed by atoms with E-state index in [1.807, 2.05) is 54.6 Å². The van der Waals surface area contributed by atoms with E-state index in [1.54, 1.807) is 25.4 Å². The second-order valence-electron chi connectivity index (χ2n) is 6.75. The van der Waals surface area contributed by atoms with Crippen LogP contribution in [0.15, 0.2) is 72.9 Å². The number of aromatic nitrogens is 1. The predicted molar refractivity (Wildman–Crippen MR) is 111 cm³/mol. The van der Waals surface area contributed by atoms with Gasteiger partial charge >= 0.3 is 0 Å². The summed E-state index contributed by atoms with van der Waals surface area (Å²) in [4.78, 5) is 31.5. The number of para-hydroxylation sites is 1. The van der Waals surface area contributed by atoms with E-state index in [9.17, 15) is 9.59 Å². The zero-order valence-electron chi connectivity index (χ0n) is 16.4. The third-order valence-electron chi connectivity index (χ3n) is 4.81. The van der Waals surface area contributed by atoms with Crippen molar-refractivity contribution in [2.75, 3.05) is 18.6 Å². The van der Waals surface area contributed by atoms with Crippen LogP contribution in [0.3, 0.4) is 0 Å². The Balaban J connectivity index is 1.53. The minimum absolute atomic E-state index is 0.162. The van der Waals surface area contributed by atoms with Gasteiger partial charge in [0.2, 0.25) is 12.0 Å². The molecule has 1 atom stereocenters. The lowest BCUT2D eigenvalue weighted by Crippen LogP contribution is -2.46. The maximum atomic E-state index is 13.2. The smallest absolute Gasteiger partial charge is 0.274 e. The molecule has 1 N–H and O–H groups in total. The molecule has 0 aliphatic carbocycles. The standard InChI is InChI=1S/C23H21N3O4/c1-29-18-11-6-5-10-17(18)14-25-20(27)15-26-22-19(12-7-13-24-22)30-21(23(26)28)16-8-3-2-4-9-16/h2-13,21H,14-15H2,1H3,(H,25,27)/t21-/m0/s1. The van der Waals surface area contributed by atoms with Gasteiger partial charge in [-0.25, -0.2) is 4.98 Å². The molecule has 2 aromatic carbocycles. The van der Waals surface area contributed by atoms with Crippen molar-refractivity contribution >= 4 is 17.6 Å². The van der Waals surface area contributed by atoms with Gasteiger partial charge in [0.05, 0.1) is 7.11 Å². The summed E-state index contributed by atoms with van der Waals surface area (Å²) >= 11 is 0. The van der Waals surface area contributed by atoms with Gasteiger partial charge in [-0.3, -0.25) is 14.5 Å². The highest BCUT2D eigenvalue weighted by Crippen LogP contribution is 2.36. The van der Waals surface area contributed by atoms with Crippen LogP contribution in [0.1, 0.15) is 17.2 Å². The number of anilines is 1. The largest absolute Gasteiger partial charge is 0.496 e.